The minimum absolute atomic E-state index is 0.158. The molecular weight excluding hydrogens is 326 g/mol. The van der Waals surface area contributed by atoms with Crippen molar-refractivity contribution in [3.8, 4) is 0 Å². The molecule has 0 radical (unpaired) electrons. The predicted octanol–water partition coefficient (Wildman–Crippen LogP) is 3.91. The number of fused-ring (bicyclic) bond motifs is 2. The van der Waals surface area contributed by atoms with Gasteiger partial charge in [0.05, 0.1) is 11.6 Å². The van der Waals surface area contributed by atoms with Crippen LogP contribution in [0.5, 0.6) is 0 Å². The molecule has 5 nitrogen and oxygen atoms in total. The van der Waals surface area contributed by atoms with Gasteiger partial charge in [0.25, 0.3) is 0 Å². The minimum atomic E-state index is -0.245. The third-order valence-corrected chi connectivity index (χ3v) is 5.43. The summed E-state index contributed by atoms with van der Waals surface area (Å²) in [5.41, 5.74) is 4.06. The first-order chi connectivity index (χ1) is 12.8. The van der Waals surface area contributed by atoms with E-state index in [9.17, 15) is 4.79 Å². The average Bonchev–Trinajstić information content (AvgIpc) is 3.22. The van der Waals surface area contributed by atoms with Gasteiger partial charge in [0.1, 0.15) is 0 Å². The molecule has 1 atom stereocenters. The first kappa shape index (κ1) is 15.5. The number of nitrogens with one attached hydrogen (secondary N) is 1. The molecule has 1 aliphatic heterocycles. The van der Waals surface area contributed by atoms with Gasteiger partial charge >= 0.3 is 5.76 Å². The van der Waals surface area contributed by atoms with Crippen molar-refractivity contribution in [2.75, 3.05) is 13.1 Å². The Bertz CT molecular complexity index is 1120. The van der Waals surface area contributed by atoms with Crippen molar-refractivity contribution in [1.82, 2.24) is 14.5 Å². The number of nitrogens with zero attached hydrogens (tertiary/aromatic N) is 2. The Morgan fingerprint density at radius 2 is 1.96 bits per heavy atom. The van der Waals surface area contributed by atoms with E-state index in [1.54, 1.807) is 0 Å². The number of hydrogen-bond acceptors (Lipinski definition) is 3. The van der Waals surface area contributed by atoms with Gasteiger partial charge in [0.15, 0.2) is 5.58 Å². The number of H-pyrrole nitrogens is 1. The van der Waals surface area contributed by atoms with Crippen LogP contribution in [0.2, 0.25) is 0 Å². The summed E-state index contributed by atoms with van der Waals surface area (Å²) >= 11 is 0. The van der Waals surface area contributed by atoms with Gasteiger partial charge in [-0.15, -0.1) is 0 Å². The van der Waals surface area contributed by atoms with Crippen molar-refractivity contribution < 1.29 is 4.42 Å². The van der Waals surface area contributed by atoms with Crippen molar-refractivity contribution in [3.63, 3.8) is 0 Å². The standard InChI is InChI=1S/C21H21N3O2/c25-21-24(19-9-3-4-10-20(19)26-21)16-6-5-11-23(14-16)13-15-12-22-18-8-2-1-7-17(15)18/h1-4,7-10,12,16,22H,5-6,11,13-14H2/t16-/m1/s1. The molecule has 5 rings (SSSR count). The second-order valence-corrected chi connectivity index (χ2v) is 7.10. The van der Waals surface area contributed by atoms with E-state index in [1.165, 1.54) is 16.5 Å². The molecule has 1 N–H and O–H groups in total. The summed E-state index contributed by atoms with van der Waals surface area (Å²) in [5, 5.41) is 1.28. The van der Waals surface area contributed by atoms with Crippen LogP contribution in [0.25, 0.3) is 22.0 Å². The van der Waals surface area contributed by atoms with Crippen LogP contribution >= 0.6 is 0 Å². The Kier molecular flexibility index (Phi) is 3.68. The highest BCUT2D eigenvalue weighted by atomic mass is 16.4. The molecule has 26 heavy (non-hydrogen) atoms. The molecule has 4 aromatic rings. The summed E-state index contributed by atoms with van der Waals surface area (Å²) in [6.45, 7) is 2.81. The summed E-state index contributed by atoms with van der Waals surface area (Å²) in [6.07, 6.45) is 4.19. The van der Waals surface area contributed by atoms with Gasteiger partial charge in [-0.05, 0) is 43.1 Å². The summed E-state index contributed by atoms with van der Waals surface area (Å²) < 4.78 is 7.28. The van der Waals surface area contributed by atoms with E-state index in [4.69, 9.17) is 4.42 Å². The van der Waals surface area contributed by atoms with Crippen LogP contribution in [0.3, 0.4) is 0 Å². The fourth-order valence-electron chi connectivity index (χ4n) is 4.22. The Morgan fingerprint density at radius 3 is 2.92 bits per heavy atom. The van der Waals surface area contributed by atoms with Crippen LogP contribution in [0.1, 0.15) is 24.4 Å². The first-order valence-electron chi connectivity index (χ1n) is 9.17. The zero-order chi connectivity index (χ0) is 17.5. The minimum Gasteiger partial charge on any atom is -0.408 e. The molecule has 3 heterocycles. The number of oxazole rings is 1. The van der Waals surface area contributed by atoms with E-state index in [0.29, 0.717) is 5.58 Å². The largest absolute Gasteiger partial charge is 0.420 e. The lowest BCUT2D eigenvalue weighted by Gasteiger charge is -2.32. The Morgan fingerprint density at radius 1 is 1.12 bits per heavy atom. The summed E-state index contributed by atoms with van der Waals surface area (Å²) in [7, 11) is 0. The van der Waals surface area contributed by atoms with Crippen LogP contribution < -0.4 is 5.76 Å². The average molecular weight is 347 g/mol. The van der Waals surface area contributed by atoms with Gasteiger partial charge in [-0.3, -0.25) is 9.47 Å². The maximum Gasteiger partial charge on any atom is 0.420 e. The van der Waals surface area contributed by atoms with Gasteiger partial charge in [0.2, 0.25) is 0 Å². The zero-order valence-corrected chi connectivity index (χ0v) is 14.5. The van der Waals surface area contributed by atoms with E-state index < -0.39 is 0 Å². The van der Waals surface area contributed by atoms with Gasteiger partial charge < -0.3 is 9.40 Å². The molecule has 2 aromatic heterocycles. The molecule has 0 bridgehead atoms. The van der Waals surface area contributed by atoms with E-state index >= 15 is 0 Å². The highest BCUT2D eigenvalue weighted by Gasteiger charge is 2.25. The number of likely N-dealkylation sites (tertiary alicyclic amines) is 1. The smallest absolute Gasteiger partial charge is 0.408 e. The monoisotopic (exact) mass is 347 g/mol. The molecule has 2 aromatic carbocycles. The molecule has 0 unspecified atom stereocenters. The second kappa shape index (κ2) is 6.18. The predicted molar refractivity (Wildman–Crippen MR) is 102 cm³/mol. The number of hydrogen-bond donors (Lipinski definition) is 1. The molecule has 1 saturated heterocycles. The van der Waals surface area contributed by atoms with Crippen molar-refractivity contribution in [3.05, 3.63) is 70.8 Å². The third kappa shape index (κ3) is 2.56. The molecule has 1 aliphatic rings. The van der Waals surface area contributed by atoms with E-state index in [1.807, 2.05) is 28.8 Å². The Hall–Kier alpha value is -2.79. The molecule has 0 aliphatic carbocycles. The summed E-state index contributed by atoms with van der Waals surface area (Å²) in [6, 6.07) is 16.3. The third-order valence-electron chi connectivity index (χ3n) is 5.43. The lowest BCUT2D eigenvalue weighted by Crippen LogP contribution is -2.38. The topological polar surface area (TPSA) is 54.2 Å². The van der Waals surface area contributed by atoms with Crippen molar-refractivity contribution in [2.45, 2.75) is 25.4 Å². The molecule has 132 valence electrons. The zero-order valence-electron chi connectivity index (χ0n) is 14.5. The maximum absolute atomic E-state index is 12.4. The molecule has 0 amide bonds. The highest BCUT2D eigenvalue weighted by Crippen LogP contribution is 2.27. The highest BCUT2D eigenvalue weighted by molar-refractivity contribution is 5.83. The number of benzene rings is 2. The number of aromatic amines is 1. The van der Waals surface area contributed by atoms with Crippen LogP contribution in [-0.4, -0.2) is 27.5 Å². The summed E-state index contributed by atoms with van der Waals surface area (Å²) in [5.74, 6) is -0.245. The lowest BCUT2D eigenvalue weighted by atomic mass is 10.0. The Balaban J connectivity index is 1.43. The van der Waals surface area contributed by atoms with E-state index in [2.05, 4.69) is 40.3 Å². The Labute approximate surface area is 150 Å². The van der Waals surface area contributed by atoms with Crippen molar-refractivity contribution in [1.29, 1.82) is 0 Å². The molecule has 1 fully saturated rings. The normalized spacial score (nSPS) is 18.7. The van der Waals surface area contributed by atoms with Crippen molar-refractivity contribution >= 4 is 22.0 Å². The van der Waals surface area contributed by atoms with Crippen molar-refractivity contribution in [2.24, 2.45) is 0 Å². The van der Waals surface area contributed by atoms with Crippen LogP contribution in [0.15, 0.2) is 63.9 Å². The molecule has 0 spiro atoms. The SMILES string of the molecule is O=c1oc2ccccc2n1[C@@H]1CCCN(Cc2c[nH]c3ccccc23)C1. The second-order valence-electron chi connectivity index (χ2n) is 7.10. The number of piperidine rings is 1. The molecular formula is C21H21N3O2. The summed E-state index contributed by atoms with van der Waals surface area (Å²) in [4.78, 5) is 18.2. The van der Waals surface area contributed by atoms with Gasteiger partial charge in [-0.2, -0.15) is 0 Å². The van der Waals surface area contributed by atoms with Crippen LogP contribution in [0.4, 0.5) is 0 Å². The fourth-order valence-corrected chi connectivity index (χ4v) is 4.22. The number of rotatable bonds is 3. The number of para-hydroxylation sites is 3. The van der Waals surface area contributed by atoms with Gasteiger partial charge in [-0.1, -0.05) is 30.3 Å². The quantitative estimate of drug-likeness (QED) is 0.611. The van der Waals surface area contributed by atoms with Crippen LogP contribution in [0, 0.1) is 0 Å². The van der Waals surface area contributed by atoms with Gasteiger partial charge in [0, 0.05) is 30.2 Å². The van der Waals surface area contributed by atoms with Gasteiger partial charge in [-0.25, -0.2) is 4.79 Å². The number of aromatic nitrogens is 2. The van der Waals surface area contributed by atoms with Crippen LogP contribution in [-0.2, 0) is 6.54 Å². The fraction of sp³-hybridized carbons (Fsp3) is 0.286. The van der Waals surface area contributed by atoms with E-state index in [-0.39, 0.29) is 11.8 Å². The maximum atomic E-state index is 12.4. The van der Waals surface area contributed by atoms with E-state index in [0.717, 1.165) is 38.0 Å². The molecule has 5 heteroatoms. The first-order valence-corrected chi connectivity index (χ1v) is 9.17. The molecule has 0 saturated carbocycles. The lowest BCUT2D eigenvalue weighted by molar-refractivity contribution is 0.168.